The van der Waals surface area contributed by atoms with Crippen LogP contribution in [0.2, 0.25) is 0 Å². The van der Waals surface area contributed by atoms with Crippen LogP contribution in [0.15, 0.2) is 11.6 Å². The van der Waals surface area contributed by atoms with Crippen LogP contribution >= 0.6 is 11.3 Å². The molecule has 0 unspecified atom stereocenters. The van der Waals surface area contributed by atoms with Gasteiger partial charge in [0.05, 0.1) is 6.54 Å². The van der Waals surface area contributed by atoms with Crippen molar-refractivity contribution < 1.29 is 4.79 Å². The molecule has 2 fully saturated rings. The van der Waals surface area contributed by atoms with Gasteiger partial charge < -0.3 is 9.88 Å². The number of nitrogens with zero attached hydrogens (tertiary/aromatic N) is 5. The fourth-order valence-corrected chi connectivity index (χ4v) is 4.58. The quantitative estimate of drug-likeness (QED) is 0.893. The second kappa shape index (κ2) is 5.63. The van der Waals surface area contributed by atoms with Gasteiger partial charge in [0.15, 0.2) is 0 Å². The Morgan fingerprint density at radius 3 is 2.92 bits per heavy atom. The van der Waals surface area contributed by atoms with Gasteiger partial charge in [-0.25, -0.2) is 4.98 Å². The van der Waals surface area contributed by atoms with E-state index in [1.165, 1.54) is 5.01 Å². The number of aromatic nitrogens is 4. The Morgan fingerprint density at radius 2 is 2.12 bits per heavy atom. The molecule has 2 aromatic heterocycles. The van der Waals surface area contributed by atoms with E-state index in [0.29, 0.717) is 23.7 Å². The Morgan fingerprint density at radius 1 is 1.25 bits per heavy atom. The molecule has 2 aromatic rings. The van der Waals surface area contributed by atoms with Crippen LogP contribution in [0.1, 0.15) is 34.3 Å². The van der Waals surface area contributed by atoms with Gasteiger partial charge in [0.1, 0.15) is 10.8 Å². The Balaban J connectivity index is 1.30. The minimum absolute atomic E-state index is 0.0626. The van der Waals surface area contributed by atoms with Crippen LogP contribution in [-0.2, 0) is 19.5 Å². The van der Waals surface area contributed by atoms with Gasteiger partial charge in [-0.3, -0.25) is 9.69 Å². The molecule has 1 amide bonds. The van der Waals surface area contributed by atoms with Crippen molar-refractivity contribution in [1.82, 2.24) is 30.0 Å². The first-order chi connectivity index (χ1) is 11.8. The highest BCUT2D eigenvalue weighted by molar-refractivity contribution is 7.09. The van der Waals surface area contributed by atoms with Crippen LogP contribution in [0.25, 0.3) is 0 Å². The minimum Gasteiger partial charge on any atom is -0.347 e. The molecule has 2 aliphatic heterocycles. The van der Waals surface area contributed by atoms with Gasteiger partial charge in [-0.1, -0.05) is 0 Å². The largest absolute Gasteiger partial charge is 0.347 e. The van der Waals surface area contributed by atoms with Gasteiger partial charge in [-0.2, -0.15) is 0 Å². The van der Waals surface area contributed by atoms with Crippen LogP contribution < -0.4 is 5.32 Å². The molecular weight excluding hydrogens is 324 g/mol. The summed E-state index contributed by atoms with van der Waals surface area (Å²) in [6, 6.07) is 0.349. The second-order valence-corrected chi connectivity index (χ2v) is 8.12. The minimum atomic E-state index is -0.0626. The summed E-state index contributed by atoms with van der Waals surface area (Å²) in [4.78, 5) is 19.2. The van der Waals surface area contributed by atoms with Crippen molar-refractivity contribution in [2.75, 3.05) is 13.1 Å². The second-order valence-electron chi connectivity index (χ2n) is 7.14. The third kappa shape index (κ3) is 2.63. The van der Waals surface area contributed by atoms with Crippen LogP contribution in [0.3, 0.4) is 0 Å². The molecule has 1 saturated heterocycles. The van der Waals surface area contributed by atoms with Crippen molar-refractivity contribution in [1.29, 1.82) is 0 Å². The van der Waals surface area contributed by atoms with Crippen LogP contribution in [-0.4, -0.2) is 49.7 Å². The number of hydrogen-bond donors (Lipinski definition) is 1. The molecule has 4 heterocycles. The predicted octanol–water partition coefficient (Wildman–Crippen LogP) is 0.931. The molecule has 2 atom stereocenters. The number of likely N-dealkylation sites (tertiary alicyclic amines) is 1. The Labute approximate surface area is 144 Å². The molecule has 5 rings (SSSR count). The highest BCUT2D eigenvalue weighted by atomic mass is 32.1. The maximum atomic E-state index is 12.3. The summed E-state index contributed by atoms with van der Waals surface area (Å²) in [7, 11) is 0. The zero-order valence-electron chi connectivity index (χ0n) is 13.4. The normalized spacial score (nSPS) is 26.2. The maximum Gasteiger partial charge on any atom is 0.289 e. The number of fused-ring (bicyclic) bond motifs is 2. The smallest absolute Gasteiger partial charge is 0.289 e. The first-order valence-corrected chi connectivity index (χ1v) is 9.48. The van der Waals surface area contributed by atoms with Crippen molar-refractivity contribution in [3.63, 3.8) is 0 Å². The van der Waals surface area contributed by atoms with Crippen molar-refractivity contribution >= 4 is 17.2 Å². The zero-order valence-corrected chi connectivity index (χ0v) is 14.2. The molecule has 24 heavy (non-hydrogen) atoms. The molecule has 0 radical (unpaired) electrons. The van der Waals surface area contributed by atoms with Gasteiger partial charge >= 0.3 is 0 Å². The monoisotopic (exact) mass is 344 g/mol. The Bertz CT molecular complexity index is 753. The van der Waals surface area contributed by atoms with Gasteiger partial charge in [0.25, 0.3) is 5.91 Å². The molecule has 1 saturated carbocycles. The van der Waals surface area contributed by atoms with Crippen molar-refractivity contribution in [2.45, 2.75) is 38.4 Å². The lowest BCUT2D eigenvalue weighted by atomic mass is 9.89. The Hall–Kier alpha value is -1.80. The molecule has 1 N–H and O–H groups in total. The van der Waals surface area contributed by atoms with E-state index in [1.807, 2.05) is 16.1 Å². The number of amides is 1. The standard InChI is InChI=1S/C16H20N6OS/c23-16(18-12-1-2-12)15-20-19-13-5-10-6-21(7-11(10)8-22(13)15)9-14-17-3-4-24-14/h3-4,10-12H,1-2,5-9H2,(H,18,23)/t10-,11+/m0/s1. The molecule has 0 spiro atoms. The van der Waals surface area contributed by atoms with E-state index in [0.717, 1.165) is 51.3 Å². The molecule has 3 aliphatic rings. The Kier molecular flexibility index (Phi) is 3.41. The number of thiazole rings is 1. The average molecular weight is 344 g/mol. The lowest BCUT2D eigenvalue weighted by Crippen LogP contribution is -2.33. The summed E-state index contributed by atoms with van der Waals surface area (Å²) < 4.78 is 2.05. The summed E-state index contributed by atoms with van der Waals surface area (Å²) in [5, 5.41) is 14.7. The third-order valence-electron chi connectivity index (χ3n) is 5.30. The molecule has 7 nitrogen and oxygen atoms in total. The molecule has 1 aliphatic carbocycles. The lowest BCUT2D eigenvalue weighted by molar-refractivity contribution is 0.0932. The fourth-order valence-electron chi connectivity index (χ4n) is 3.92. The number of rotatable bonds is 4. The summed E-state index contributed by atoms with van der Waals surface area (Å²) >= 11 is 1.72. The van der Waals surface area contributed by atoms with Gasteiger partial charge in [-0.15, -0.1) is 21.5 Å². The van der Waals surface area contributed by atoms with Gasteiger partial charge in [-0.05, 0) is 24.7 Å². The van der Waals surface area contributed by atoms with E-state index in [4.69, 9.17) is 0 Å². The van der Waals surface area contributed by atoms with Crippen LogP contribution in [0.4, 0.5) is 0 Å². The van der Waals surface area contributed by atoms with Gasteiger partial charge in [0, 0.05) is 43.7 Å². The van der Waals surface area contributed by atoms with Crippen LogP contribution in [0.5, 0.6) is 0 Å². The summed E-state index contributed by atoms with van der Waals surface area (Å²) in [5.41, 5.74) is 0. The first-order valence-electron chi connectivity index (χ1n) is 8.60. The summed E-state index contributed by atoms with van der Waals surface area (Å²) in [5.74, 6) is 2.58. The number of hydrogen-bond acceptors (Lipinski definition) is 6. The maximum absolute atomic E-state index is 12.3. The molecule has 126 valence electrons. The summed E-state index contributed by atoms with van der Waals surface area (Å²) in [6.07, 6.45) is 4.96. The van der Waals surface area contributed by atoms with E-state index in [2.05, 4.69) is 25.4 Å². The summed E-state index contributed by atoms with van der Waals surface area (Å²) in [6.45, 7) is 3.93. The third-order valence-corrected chi connectivity index (χ3v) is 6.06. The van der Waals surface area contributed by atoms with Gasteiger partial charge in [0.2, 0.25) is 5.82 Å². The topological polar surface area (TPSA) is 75.9 Å². The predicted molar refractivity (Wildman–Crippen MR) is 88.6 cm³/mol. The molecular formula is C16H20N6OS. The number of carbonyl (C=O) groups is 1. The average Bonchev–Trinajstić information content (AvgIpc) is 2.99. The lowest BCUT2D eigenvalue weighted by Gasteiger charge is -2.25. The van der Waals surface area contributed by atoms with E-state index in [-0.39, 0.29) is 5.91 Å². The van der Waals surface area contributed by atoms with Crippen molar-refractivity contribution in [2.24, 2.45) is 11.8 Å². The zero-order chi connectivity index (χ0) is 16.1. The van der Waals surface area contributed by atoms with Crippen molar-refractivity contribution in [3.05, 3.63) is 28.2 Å². The SMILES string of the molecule is O=C(NC1CC1)c1nnc2n1C[C@H]1CN(Cc3nccs3)C[C@@H]1C2. The van der Waals surface area contributed by atoms with Crippen molar-refractivity contribution in [3.8, 4) is 0 Å². The van der Waals surface area contributed by atoms with E-state index in [1.54, 1.807) is 11.3 Å². The van der Waals surface area contributed by atoms with E-state index < -0.39 is 0 Å². The van der Waals surface area contributed by atoms with E-state index in [9.17, 15) is 4.79 Å². The highest BCUT2D eigenvalue weighted by Gasteiger charge is 2.39. The number of carbonyl (C=O) groups excluding carboxylic acids is 1. The molecule has 8 heteroatoms. The van der Waals surface area contributed by atoms with Crippen LogP contribution in [0, 0.1) is 11.8 Å². The highest BCUT2D eigenvalue weighted by Crippen LogP contribution is 2.33. The number of nitrogens with one attached hydrogen (secondary N) is 1. The van der Waals surface area contributed by atoms with E-state index >= 15 is 0 Å². The molecule has 0 aromatic carbocycles. The first kappa shape index (κ1) is 14.5. The fraction of sp³-hybridized carbons (Fsp3) is 0.625. The molecule has 0 bridgehead atoms.